The van der Waals surface area contributed by atoms with E-state index < -0.39 is 23.5 Å². The molecule has 0 aliphatic heterocycles. The lowest BCUT2D eigenvalue weighted by molar-refractivity contribution is 0.0817. The molecule has 106 valence electrons. The highest BCUT2D eigenvalue weighted by Gasteiger charge is 2.19. The predicted molar refractivity (Wildman–Crippen MR) is 71.9 cm³/mol. The van der Waals surface area contributed by atoms with E-state index in [0.29, 0.717) is 5.56 Å². The molecule has 2 aromatic carbocycles. The molecule has 0 bridgehead atoms. The second kappa shape index (κ2) is 6.14. The monoisotopic (exact) mass is 287 g/mol. The van der Waals surface area contributed by atoms with Crippen LogP contribution in [0.1, 0.15) is 22.8 Å². The molecule has 0 aromatic heterocycles. The maximum atomic E-state index is 13.1. The number of halogens is 2. The van der Waals surface area contributed by atoms with Crippen molar-refractivity contribution in [3.63, 3.8) is 0 Å². The summed E-state index contributed by atoms with van der Waals surface area (Å²) in [6, 6.07) is 11.3. The molecule has 3 nitrogen and oxygen atoms in total. The van der Waals surface area contributed by atoms with Gasteiger partial charge in [-0.3, -0.25) is 4.79 Å². The van der Waals surface area contributed by atoms with Gasteiger partial charge >= 0.3 is 0 Å². The summed E-state index contributed by atoms with van der Waals surface area (Å²) in [6.45, 7) is 1.48. The van der Waals surface area contributed by atoms with Crippen LogP contribution in [0.3, 0.4) is 0 Å². The Bertz CT molecular complexity index is 722. The number of nitrogens with zero attached hydrogens (tertiary/aromatic N) is 1. The molecule has 0 aliphatic carbocycles. The molecule has 2 rings (SSSR count). The van der Waals surface area contributed by atoms with Crippen molar-refractivity contribution >= 4 is 5.78 Å². The van der Waals surface area contributed by atoms with Crippen LogP contribution in [0.5, 0.6) is 5.75 Å². The maximum Gasteiger partial charge on any atom is 0.203 e. The summed E-state index contributed by atoms with van der Waals surface area (Å²) in [6.07, 6.45) is -0.927. The van der Waals surface area contributed by atoms with Crippen molar-refractivity contribution in [1.29, 1.82) is 5.26 Å². The van der Waals surface area contributed by atoms with Crippen LogP contribution in [0.25, 0.3) is 0 Å². The molecule has 0 spiro atoms. The highest BCUT2D eigenvalue weighted by atomic mass is 19.2. The zero-order valence-electron chi connectivity index (χ0n) is 11.1. The predicted octanol–water partition coefficient (Wildman–Crippen LogP) is 3.49. The second-order valence-electron chi connectivity index (χ2n) is 4.36. The quantitative estimate of drug-likeness (QED) is 0.809. The highest BCUT2D eigenvalue weighted by molar-refractivity contribution is 5.99. The maximum absolute atomic E-state index is 13.1. The molecule has 5 heteroatoms. The van der Waals surface area contributed by atoms with Crippen molar-refractivity contribution in [3.05, 3.63) is 65.2 Å². The number of ketones is 1. The van der Waals surface area contributed by atoms with Crippen molar-refractivity contribution in [2.75, 3.05) is 0 Å². The number of hydrogen-bond donors (Lipinski definition) is 0. The zero-order valence-corrected chi connectivity index (χ0v) is 11.1. The molecule has 0 saturated carbocycles. The van der Waals surface area contributed by atoms with E-state index in [0.717, 1.165) is 12.1 Å². The number of benzene rings is 2. The number of nitriles is 1. The van der Waals surface area contributed by atoms with Crippen LogP contribution in [0.2, 0.25) is 0 Å². The van der Waals surface area contributed by atoms with Gasteiger partial charge in [0.2, 0.25) is 5.78 Å². The van der Waals surface area contributed by atoms with Crippen molar-refractivity contribution < 1.29 is 18.3 Å². The highest BCUT2D eigenvalue weighted by Crippen LogP contribution is 2.20. The fourth-order valence-electron chi connectivity index (χ4n) is 1.79. The van der Waals surface area contributed by atoms with Crippen LogP contribution >= 0.6 is 0 Å². The lowest BCUT2D eigenvalue weighted by Crippen LogP contribution is -2.24. The van der Waals surface area contributed by atoms with Crippen LogP contribution in [0.4, 0.5) is 8.78 Å². The number of carbonyl (C=O) groups is 1. The van der Waals surface area contributed by atoms with Crippen LogP contribution < -0.4 is 4.74 Å². The second-order valence-corrected chi connectivity index (χ2v) is 4.36. The van der Waals surface area contributed by atoms with Gasteiger partial charge in [0, 0.05) is 5.56 Å². The Kier molecular flexibility index (Phi) is 4.29. The van der Waals surface area contributed by atoms with Crippen molar-refractivity contribution in [2.24, 2.45) is 0 Å². The fourth-order valence-corrected chi connectivity index (χ4v) is 1.79. The minimum atomic E-state index is -1.09. The van der Waals surface area contributed by atoms with Gasteiger partial charge in [-0.05, 0) is 37.3 Å². The van der Waals surface area contributed by atoms with E-state index >= 15 is 0 Å². The first kappa shape index (κ1) is 14.7. The molecule has 0 N–H and O–H groups in total. The summed E-state index contributed by atoms with van der Waals surface area (Å²) in [5.41, 5.74) is 0.304. The molecule has 0 amide bonds. The number of para-hydroxylation sites is 1. The van der Waals surface area contributed by atoms with E-state index in [2.05, 4.69) is 0 Å². The van der Waals surface area contributed by atoms with Crippen molar-refractivity contribution in [2.45, 2.75) is 13.0 Å². The molecule has 21 heavy (non-hydrogen) atoms. The van der Waals surface area contributed by atoms with E-state index in [1.807, 2.05) is 6.07 Å². The number of ether oxygens (including phenoxy) is 1. The van der Waals surface area contributed by atoms with Gasteiger partial charge < -0.3 is 4.74 Å². The van der Waals surface area contributed by atoms with Gasteiger partial charge in [0.25, 0.3) is 0 Å². The van der Waals surface area contributed by atoms with Crippen molar-refractivity contribution in [3.8, 4) is 11.8 Å². The molecule has 0 saturated heterocycles. The SMILES string of the molecule is C[C@@H](Oc1ccccc1C#N)C(=O)c1ccc(F)c(F)c1. The summed E-state index contributed by atoms with van der Waals surface area (Å²) in [5, 5.41) is 8.95. The van der Waals surface area contributed by atoms with E-state index in [1.54, 1.807) is 24.3 Å². The number of carbonyl (C=O) groups excluding carboxylic acids is 1. The van der Waals surface area contributed by atoms with E-state index in [9.17, 15) is 13.6 Å². The first-order chi connectivity index (χ1) is 10.0. The Balaban J connectivity index is 2.20. The van der Waals surface area contributed by atoms with Gasteiger partial charge in [-0.1, -0.05) is 12.1 Å². The molecular weight excluding hydrogens is 276 g/mol. The van der Waals surface area contributed by atoms with Gasteiger partial charge in [-0.15, -0.1) is 0 Å². The summed E-state index contributed by atoms with van der Waals surface area (Å²) >= 11 is 0. The molecule has 2 aromatic rings. The Morgan fingerprint density at radius 1 is 1.19 bits per heavy atom. The lowest BCUT2D eigenvalue weighted by atomic mass is 10.1. The summed E-state index contributed by atoms with van der Waals surface area (Å²) in [5.74, 6) is -2.34. The van der Waals surface area contributed by atoms with E-state index in [4.69, 9.17) is 10.00 Å². The van der Waals surface area contributed by atoms with Crippen LogP contribution in [-0.4, -0.2) is 11.9 Å². The van der Waals surface area contributed by atoms with Crippen LogP contribution in [0.15, 0.2) is 42.5 Å². The van der Waals surface area contributed by atoms with Crippen LogP contribution in [0, 0.1) is 23.0 Å². The molecule has 0 aliphatic rings. The van der Waals surface area contributed by atoms with E-state index in [-0.39, 0.29) is 11.3 Å². The average molecular weight is 287 g/mol. The Morgan fingerprint density at radius 3 is 2.57 bits per heavy atom. The third-order valence-electron chi connectivity index (χ3n) is 2.88. The number of hydrogen-bond acceptors (Lipinski definition) is 3. The summed E-state index contributed by atoms with van der Waals surface area (Å²) in [4.78, 5) is 12.1. The minimum Gasteiger partial charge on any atom is -0.481 e. The summed E-state index contributed by atoms with van der Waals surface area (Å²) < 4.78 is 31.4. The Morgan fingerprint density at radius 2 is 1.90 bits per heavy atom. The largest absolute Gasteiger partial charge is 0.481 e. The molecular formula is C16H11F2NO2. The molecule has 1 atom stereocenters. The third kappa shape index (κ3) is 3.23. The van der Waals surface area contributed by atoms with Crippen LogP contribution in [-0.2, 0) is 0 Å². The molecule has 0 radical (unpaired) electrons. The third-order valence-corrected chi connectivity index (χ3v) is 2.88. The molecule has 0 fully saturated rings. The minimum absolute atomic E-state index is 0.0100. The van der Waals surface area contributed by atoms with E-state index in [1.165, 1.54) is 13.0 Å². The van der Waals surface area contributed by atoms with Gasteiger partial charge in [0.15, 0.2) is 17.7 Å². The Labute approximate surface area is 120 Å². The first-order valence-electron chi connectivity index (χ1n) is 6.18. The van der Waals surface area contributed by atoms with Gasteiger partial charge in [0.1, 0.15) is 11.8 Å². The van der Waals surface area contributed by atoms with Crippen molar-refractivity contribution in [1.82, 2.24) is 0 Å². The Hall–Kier alpha value is -2.74. The topological polar surface area (TPSA) is 50.1 Å². The lowest BCUT2D eigenvalue weighted by Gasteiger charge is -2.14. The molecule has 0 heterocycles. The molecule has 0 unspecified atom stereocenters. The zero-order chi connectivity index (χ0) is 15.4. The van der Waals surface area contributed by atoms with Gasteiger partial charge in [-0.2, -0.15) is 5.26 Å². The van der Waals surface area contributed by atoms with Gasteiger partial charge in [0.05, 0.1) is 5.56 Å². The standard InChI is InChI=1S/C16H11F2NO2/c1-10(21-15-5-3-2-4-12(15)9-19)16(20)11-6-7-13(17)14(18)8-11/h2-8,10H,1H3/t10-/m1/s1. The average Bonchev–Trinajstić information content (AvgIpc) is 2.49. The smallest absolute Gasteiger partial charge is 0.203 e. The number of Topliss-reactive ketones (excluding diaryl/α,β-unsaturated/α-hetero) is 1. The normalized spacial score (nSPS) is 11.5. The van der Waals surface area contributed by atoms with Gasteiger partial charge in [-0.25, -0.2) is 8.78 Å². The summed E-state index contributed by atoms with van der Waals surface area (Å²) in [7, 11) is 0. The first-order valence-corrected chi connectivity index (χ1v) is 6.18. The number of rotatable bonds is 4. The fraction of sp³-hybridized carbons (Fsp3) is 0.125.